The summed E-state index contributed by atoms with van der Waals surface area (Å²) in [4.78, 5) is 24.8. The van der Waals surface area contributed by atoms with Crippen LogP contribution in [0, 0.1) is 13.8 Å². The van der Waals surface area contributed by atoms with Gasteiger partial charge in [-0.05, 0) is 25.5 Å². The Labute approximate surface area is 142 Å². The molecule has 2 heterocycles. The molecule has 0 spiro atoms. The molecule has 0 N–H and O–H groups in total. The number of piperazine rings is 1. The molecule has 1 saturated heterocycles. The van der Waals surface area contributed by atoms with Crippen molar-refractivity contribution in [1.29, 1.82) is 0 Å². The Kier molecular flexibility index (Phi) is 4.89. The summed E-state index contributed by atoms with van der Waals surface area (Å²) < 4.78 is 0. The van der Waals surface area contributed by atoms with Crippen LogP contribution in [0.25, 0.3) is 6.08 Å². The maximum atomic E-state index is 12.3. The zero-order chi connectivity index (χ0) is 16.9. The van der Waals surface area contributed by atoms with Crippen molar-refractivity contribution in [3.63, 3.8) is 0 Å². The Morgan fingerprint density at radius 3 is 2.42 bits per heavy atom. The van der Waals surface area contributed by atoms with Crippen LogP contribution in [0.15, 0.2) is 42.7 Å². The smallest absolute Gasteiger partial charge is 0.246 e. The van der Waals surface area contributed by atoms with Gasteiger partial charge in [0.15, 0.2) is 0 Å². The van der Waals surface area contributed by atoms with Gasteiger partial charge in [-0.1, -0.05) is 29.8 Å². The van der Waals surface area contributed by atoms with E-state index in [-0.39, 0.29) is 5.91 Å². The van der Waals surface area contributed by atoms with Crippen LogP contribution in [0.5, 0.6) is 0 Å². The third-order valence-electron chi connectivity index (χ3n) is 4.20. The van der Waals surface area contributed by atoms with Crippen LogP contribution in [-0.4, -0.2) is 47.0 Å². The highest BCUT2D eigenvalue weighted by Gasteiger charge is 2.20. The Balaban J connectivity index is 1.56. The number of hydrogen-bond acceptors (Lipinski definition) is 4. The summed E-state index contributed by atoms with van der Waals surface area (Å²) in [7, 11) is 0. The number of aryl methyl sites for hydroxylation is 2. The molecular formula is C19H22N4O. The Morgan fingerprint density at radius 2 is 1.75 bits per heavy atom. The molecule has 0 aliphatic carbocycles. The average Bonchev–Trinajstić information content (AvgIpc) is 2.61. The number of benzene rings is 1. The fourth-order valence-electron chi connectivity index (χ4n) is 2.72. The van der Waals surface area contributed by atoms with E-state index in [1.54, 1.807) is 12.4 Å². The Morgan fingerprint density at radius 1 is 1.04 bits per heavy atom. The molecule has 124 valence electrons. The summed E-state index contributed by atoms with van der Waals surface area (Å²) in [6.45, 7) is 7.01. The molecule has 0 unspecified atom stereocenters. The summed E-state index contributed by atoms with van der Waals surface area (Å²) in [5.74, 6) is 0.999. The van der Waals surface area contributed by atoms with Crippen LogP contribution in [0.3, 0.4) is 0 Å². The van der Waals surface area contributed by atoms with Gasteiger partial charge >= 0.3 is 0 Å². The van der Waals surface area contributed by atoms with Gasteiger partial charge in [-0.3, -0.25) is 4.79 Å². The Hall–Kier alpha value is -2.69. The summed E-state index contributed by atoms with van der Waals surface area (Å²) in [5.41, 5.74) is 3.22. The largest absolute Gasteiger partial charge is 0.353 e. The number of aromatic nitrogens is 2. The lowest BCUT2D eigenvalue weighted by atomic mass is 10.1. The molecule has 1 aliphatic heterocycles. The second-order valence-corrected chi connectivity index (χ2v) is 6.07. The second kappa shape index (κ2) is 7.25. The maximum Gasteiger partial charge on any atom is 0.246 e. The molecular weight excluding hydrogens is 300 g/mol. The first kappa shape index (κ1) is 16.2. The normalized spacial score (nSPS) is 15.1. The summed E-state index contributed by atoms with van der Waals surface area (Å²) in [6.07, 6.45) is 5.13. The van der Waals surface area contributed by atoms with E-state index in [1.165, 1.54) is 5.56 Å². The summed E-state index contributed by atoms with van der Waals surface area (Å²) in [6, 6.07) is 10.1. The van der Waals surface area contributed by atoms with Gasteiger partial charge in [-0.15, -0.1) is 0 Å². The van der Waals surface area contributed by atoms with E-state index in [4.69, 9.17) is 0 Å². The number of carbonyl (C=O) groups excluding carboxylic acids is 1. The maximum absolute atomic E-state index is 12.3. The van der Waals surface area contributed by atoms with Crippen LogP contribution in [0.1, 0.15) is 16.8 Å². The first-order chi connectivity index (χ1) is 11.6. The fourth-order valence-corrected chi connectivity index (χ4v) is 2.72. The molecule has 0 saturated carbocycles. The highest BCUT2D eigenvalue weighted by molar-refractivity contribution is 5.91. The molecule has 1 amide bonds. The van der Waals surface area contributed by atoms with Crippen molar-refractivity contribution in [2.24, 2.45) is 0 Å². The topological polar surface area (TPSA) is 49.3 Å². The van der Waals surface area contributed by atoms with Gasteiger partial charge < -0.3 is 9.80 Å². The monoisotopic (exact) mass is 322 g/mol. The van der Waals surface area contributed by atoms with Gasteiger partial charge in [-0.2, -0.15) is 0 Å². The molecule has 3 rings (SSSR count). The van der Waals surface area contributed by atoms with Crippen molar-refractivity contribution < 1.29 is 4.79 Å². The molecule has 5 heteroatoms. The molecule has 5 nitrogen and oxygen atoms in total. The van der Waals surface area contributed by atoms with Gasteiger partial charge in [0.05, 0.1) is 0 Å². The van der Waals surface area contributed by atoms with Crippen LogP contribution >= 0.6 is 0 Å². The van der Waals surface area contributed by atoms with E-state index in [9.17, 15) is 4.79 Å². The van der Waals surface area contributed by atoms with Crippen molar-refractivity contribution in [2.75, 3.05) is 31.1 Å². The summed E-state index contributed by atoms with van der Waals surface area (Å²) in [5, 5.41) is 0. The predicted octanol–water partition coefficient (Wildman–Crippen LogP) is 2.46. The lowest BCUT2D eigenvalue weighted by Crippen LogP contribution is -2.48. The summed E-state index contributed by atoms with van der Waals surface area (Å²) >= 11 is 0. The zero-order valence-electron chi connectivity index (χ0n) is 14.1. The molecule has 1 fully saturated rings. The molecule has 1 aromatic carbocycles. The van der Waals surface area contributed by atoms with Gasteiger partial charge in [-0.25, -0.2) is 9.97 Å². The lowest BCUT2D eigenvalue weighted by Gasteiger charge is -2.34. The first-order valence-electron chi connectivity index (χ1n) is 8.19. The third-order valence-corrected chi connectivity index (χ3v) is 4.20. The first-order valence-corrected chi connectivity index (χ1v) is 8.19. The average molecular weight is 322 g/mol. The molecule has 0 atom stereocenters. The van der Waals surface area contributed by atoms with Crippen molar-refractivity contribution in [3.8, 4) is 0 Å². The zero-order valence-corrected chi connectivity index (χ0v) is 14.1. The van der Waals surface area contributed by atoms with Crippen molar-refractivity contribution in [2.45, 2.75) is 13.8 Å². The standard InChI is InChI=1S/C19H22N4O/c1-15-3-5-17(6-4-15)7-8-19(24)23-11-9-22(10-12-23)18-13-16(2)20-14-21-18/h3-8,13-14H,9-12H2,1-2H3/b8-7+. The predicted molar refractivity (Wildman–Crippen MR) is 95.8 cm³/mol. The van der Waals surface area contributed by atoms with Crippen LogP contribution < -0.4 is 4.90 Å². The minimum absolute atomic E-state index is 0.0640. The molecule has 0 bridgehead atoms. The van der Waals surface area contributed by atoms with E-state index in [1.807, 2.05) is 48.2 Å². The van der Waals surface area contributed by atoms with Gasteiger partial charge in [0.1, 0.15) is 12.1 Å². The van der Waals surface area contributed by atoms with Crippen LogP contribution in [0.2, 0.25) is 0 Å². The van der Waals surface area contributed by atoms with Crippen LogP contribution in [-0.2, 0) is 4.79 Å². The van der Waals surface area contributed by atoms with E-state index in [2.05, 4.69) is 21.8 Å². The van der Waals surface area contributed by atoms with Crippen LogP contribution in [0.4, 0.5) is 5.82 Å². The quantitative estimate of drug-likeness (QED) is 0.815. The second-order valence-electron chi connectivity index (χ2n) is 6.07. The number of rotatable bonds is 3. The van der Waals surface area contributed by atoms with Crippen molar-refractivity contribution in [3.05, 3.63) is 59.6 Å². The van der Waals surface area contributed by atoms with Gasteiger partial charge in [0.2, 0.25) is 5.91 Å². The molecule has 2 aromatic rings. The molecule has 1 aromatic heterocycles. The molecule has 0 radical (unpaired) electrons. The molecule has 1 aliphatic rings. The fraction of sp³-hybridized carbons (Fsp3) is 0.316. The van der Waals surface area contributed by atoms with Gasteiger partial charge in [0.25, 0.3) is 0 Å². The lowest BCUT2D eigenvalue weighted by molar-refractivity contribution is -0.126. The number of amides is 1. The highest BCUT2D eigenvalue weighted by Crippen LogP contribution is 2.14. The van der Waals surface area contributed by atoms with E-state index < -0.39 is 0 Å². The SMILES string of the molecule is Cc1ccc(/C=C/C(=O)N2CCN(c3cc(C)ncn3)CC2)cc1. The Bertz CT molecular complexity index is 731. The third kappa shape index (κ3) is 3.98. The molecule has 24 heavy (non-hydrogen) atoms. The van der Waals surface area contributed by atoms with Gasteiger partial charge in [0, 0.05) is 44.0 Å². The minimum atomic E-state index is 0.0640. The number of nitrogens with zero attached hydrogens (tertiary/aromatic N) is 4. The number of anilines is 1. The van der Waals surface area contributed by atoms with Crippen molar-refractivity contribution >= 4 is 17.8 Å². The number of carbonyl (C=O) groups is 1. The van der Waals surface area contributed by atoms with Crippen molar-refractivity contribution in [1.82, 2.24) is 14.9 Å². The van der Waals surface area contributed by atoms with E-state index >= 15 is 0 Å². The minimum Gasteiger partial charge on any atom is -0.353 e. The highest BCUT2D eigenvalue weighted by atomic mass is 16.2. The van der Waals surface area contributed by atoms with E-state index in [0.29, 0.717) is 13.1 Å². The number of hydrogen-bond donors (Lipinski definition) is 0. The van der Waals surface area contributed by atoms with E-state index in [0.717, 1.165) is 30.2 Å².